The number of carbonyl (C=O) groups is 4. The number of piperidine rings is 1. The molecule has 2 aliphatic heterocycles. The van der Waals surface area contributed by atoms with Crippen LogP contribution in [0.3, 0.4) is 0 Å². The molecule has 11 heteroatoms. The van der Waals surface area contributed by atoms with Crippen molar-refractivity contribution < 1.29 is 28.3 Å². The van der Waals surface area contributed by atoms with Gasteiger partial charge >= 0.3 is 6.03 Å². The molecule has 0 spiro atoms. The molecular formula is C22H20ClFN4O5. The summed E-state index contributed by atoms with van der Waals surface area (Å²) in [7, 11) is 1.45. The smallest absolute Gasteiger partial charge is 0.319 e. The molecule has 4 rings (SSSR count). The van der Waals surface area contributed by atoms with Gasteiger partial charge in [0.2, 0.25) is 11.8 Å². The van der Waals surface area contributed by atoms with Crippen molar-refractivity contribution in [2.45, 2.75) is 32.0 Å². The van der Waals surface area contributed by atoms with Crippen LogP contribution in [0.25, 0.3) is 0 Å². The highest BCUT2D eigenvalue weighted by atomic mass is 35.5. The van der Waals surface area contributed by atoms with Crippen molar-refractivity contribution in [1.82, 2.24) is 15.5 Å². The molecule has 33 heavy (non-hydrogen) atoms. The molecule has 0 bridgehead atoms. The van der Waals surface area contributed by atoms with E-state index in [1.165, 1.54) is 30.2 Å². The highest BCUT2D eigenvalue weighted by Gasteiger charge is 2.40. The first-order valence-electron chi connectivity index (χ1n) is 10.1. The van der Waals surface area contributed by atoms with Crippen molar-refractivity contribution in [3.63, 3.8) is 0 Å². The van der Waals surface area contributed by atoms with E-state index >= 15 is 4.39 Å². The first-order chi connectivity index (χ1) is 15.8. The van der Waals surface area contributed by atoms with Crippen molar-refractivity contribution in [2.75, 3.05) is 12.4 Å². The molecule has 0 radical (unpaired) electrons. The molecule has 0 aromatic heterocycles. The molecule has 3 N–H and O–H groups in total. The second-order valence-corrected chi connectivity index (χ2v) is 8.05. The fourth-order valence-electron chi connectivity index (χ4n) is 3.91. The average molecular weight is 475 g/mol. The number of anilines is 1. The van der Waals surface area contributed by atoms with E-state index in [-0.39, 0.29) is 42.6 Å². The molecular weight excluding hydrogens is 455 g/mol. The minimum absolute atomic E-state index is 0.0912. The van der Waals surface area contributed by atoms with Crippen LogP contribution in [0, 0.1) is 5.82 Å². The highest BCUT2D eigenvalue weighted by Crippen LogP contribution is 2.31. The average Bonchev–Trinajstić information content (AvgIpc) is 3.10. The number of ether oxygens (including phenoxy) is 1. The molecule has 1 saturated heterocycles. The first-order valence-corrected chi connectivity index (χ1v) is 10.5. The molecule has 1 fully saturated rings. The van der Waals surface area contributed by atoms with E-state index in [2.05, 4.69) is 16.0 Å². The third kappa shape index (κ3) is 4.47. The Morgan fingerprint density at radius 2 is 2.06 bits per heavy atom. The number of amides is 5. The minimum Gasteiger partial charge on any atom is -0.495 e. The molecule has 2 aliphatic rings. The van der Waals surface area contributed by atoms with Gasteiger partial charge in [-0.15, -0.1) is 0 Å². The number of methoxy groups -OCH3 is 1. The van der Waals surface area contributed by atoms with Crippen molar-refractivity contribution in [2.24, 2.45) is 0 Å². The number of carbonyl (C=O) groups excluding carboxylic acids is 4. The second-order valence-electron chi connectivity index (χ2n) is 7.62. The summed E-state index contributed by atoms with van der Waals surface area (Å²) in [6.07, 6.45) is 0.300. The normalized spacial score (nSPS) is 17.5. The number of benzene rings is 2. The van der Waals surface area contributed by atoms with Crippen LogP contribution < -0.4 is 20.7 Å². The summed E-state index contributed by atoms with van der Waals surface area (Å²) in [4.78, 5) is 49.8. The Labute approximate surface area is 193 Å². The number of rotatable bonds is 5. The minimum atomic E-state index is -0.831. The lowest BCUT2D eigenvalue weighted by Crippen LogP contribution is -2.52. The lowest BCUT2D eigenvalue weighted by atomic mass is 10.0. The molecule has 172 valence electrons. The Morgan fingerprint density at radius 3 is 2.79 bits per heavy atom. The Hall–Kier alpha value is -3.66. The van der Waals surface area contributed by atoms with Gasteiger partial charge in [0.25, 0.3) is 5.91 Å². The third-order valence-corrected chi connectivity index (χ3v) is 5.81. The van der Waals surface area contributed by atoms with Gasteiger partial charge in [-0.2, -0.15) is 0 Å². The number of nitrogens with one attached hydrogen (secondary N) is 3. The van der Waals surface area contributed by atoms with E-state index in [1.807, 2.05) is 0 Å². The van der Waals surface area contributed by atoms with Crippen LogP contribution in [0.1, 0.15) is 34.3 Å². The Kier molecular flexibility index (Phi) is 6.19. The van der Waals surface area contributed by atoms with Gasteiger partial charge in [0, 0.05) is 34.7 Å². The lowest BCUT2D eigenvalue weighted by Gasteiger charge is -2.29. The fraction of sp³-hybridized carbons (Fsp3) is 0.273. The van der Waals surface area contributed by atoms with Crippen LogP contribution in [-0.4, -0.2) is 41.8 Å². The summed E-state index contributed by atoms with van der Waals surface area (Å²) in [6, 6.07) is 6.19. The molecule has 2 aromatic rings. The zero-order chi connectivity index (χ0) is 23.7. The van der Waals surface area contributed by atoms with Crippen molar-refractivity contribution in [1.29, 1.82) is 0 Å². The summed E-state index contributed by atoms with van der Waals surface area (Å²) in [5.74, 6) is -1.65. The first kappa shape index (κ1) is 22.5. The summed E-state index contributed by atoms with van der Waals surface area (Å²) >= 11 is 5.95. The zero-order valence-corrected chi connectivity index (χ0v) is 18.3. The molecule has 5 amide bonds. The lowest BCUT2D eigenvalue weighted by molar-refractivity contribution is -0.136. The van der Waals surface area contributed by atoms with Gasteiger partial charge in [0.15, 0.2) is 0 Å². The molecule has 2 heterocycles. The van der Waals surface area contributed by atoms with Crippen LogP contribution in [0.2, 0.25) is 5.02 Å². The number of fused-ring (bicyclic) bond motifs is 1. The molecule has 0 saturated carbocycles. The van der Waals surface area contributed by atoms with Gasteiger partial charge in [-0.3, -0.25) is 19.7 Å². The van der Waals surface area contributed by atoms with E-state index in [9.17, 15) is 19.2 Å². The topological polar surface area (TPSA) is 117 Å². The summed E-state index contributed by atoms with van der Waals surface area (Å²) < 4.78 is 20.3. The Bertz CT molecular complexity index is 1170. The van der Waals surface area contributed by atoms with Crippen molar-refractivity contribution in [3.8, 4) is 5.75 Å². The number of hydrogen-bond acceptors (Lipinski definition) is 5. The number of halogens is 2. The second kappa shape index (κ2) is 9.07. The van der Waals surface area contributed by atoms with Crippen LogP contribution in [0.4, 0.5) is 14.9 Å². The van der Waals surface area contributed by atoms with E-state index in [4.69, 9.17) is 16.3 Å². The maximum atomic E-state index is 15.2. The molecule has 0 aliphatic carbocycles. The maximum Gasteiger partial charge on any atom is 0.319 e. The van der Waals surface area contributed by atoms with Gasteiger partial charge in [0.1, 0.15) is 17.6 Å². The quantitative estimate of drug-likeness (QED) is 0.576. The molecule has 2 aromatic carbocycles. The molecule has 1 unspecified atom stereocenters. The third-order valence-electron chi connectivity index (χ3n) is 5.58. The Morgan fingerprint density at radius 1 is 1.27 bits per heavy atom. The van der Waals surface area contributed by atoms with E-state index < -0.39 is 35.6 Å². The number of hydrogen-bond donors (Lipinski definition) is 3. The monoisotopic (exact) mass is 474 g/mol. The van der Waals surface area contributed by atoms with Gasteiger partial charge in [-0.1, -0.05) is 17.7 Å². The zero-order valence-electron chi connectivity index (χ0n) is 17.5. The van der Waals surface area contributed by atoms with Gasteiger partial charge in [-0.05, 0) is 30.7 Å². The number of nitrogens with zero attached hydrogens (tertiary/aromatic N) is 1. The Balaban J connectivity index is 1.44. The highest BCUT2D eigenvalue weighted by molar-refractivity contribution is 6.31. The maximum absolute atomic E-state index is 15.2. The fourth-order valence-corrected chi connectivity index (χ4v) is 4.08. The van der Waals surface area contributed by atoms with Crippen molar-refractivity contribution in [3.05, 3.63) is 57.9 Å². The summed E-state index contributed by atoms with van der Waals surface area (Å²) in [6.45, 7) is -0.230. The summed E-state index contributed by atoms with van der Waals surface area (Å²) in [5.41, 5.74) is 0.845. The summed E-state index contributed by atoms with van der Waals surface area (Å²) in [5, 5.41) is 7.76. The molecule has 9 nitrogen and oxygen atoms in total. The number of imide groups is 1. The van der Waals surface area contributed by atoms with Gasteiger partial charge in [0.05, 0.1) is 19.3 Å². The van der Waals surface area contributed by atoms with Crippen LogP contribution in [-0.2, 0) is 22.7 Å². The van der Waals surface area contributed by atoms with E-state index in [1.54, 1.807) is 12.1 Å². The van der Waals surface area contributed by atoms with Gasteiger partial charge < -0.3 is 20.3 Å². The number of urea groups is 1. The molecule has 1 atom stereocenters. The van der Waals surface area contributed by atoms with E-state index in [0.29, 0.717) is 16.5 Å². The van der Waals surface area contributed by atoms with Crippen LogP contribution in [0.5, 0.6) is 5.75 Å². The van der Waals surface area contributed by atoms with Gasteiger partial charge in [-0.25, -0.2) is 9.18 Å². The SMILES string of the molecule is COc1ccc(Cl)cc1NC(=O)NCc1ccc2c(c1F)CN(C1CCC(=O)NC1=O)C2=O. The predicted molar refractivity (Wildman–Crippen MR) is 116 cm³/mol. The van der Waals surface area contributed by atoms with E-state index in [0.717, 1.165) is 0 Å². The standard InChI is InChI=1S/C22H20ClFN4O5/c1-33-17-6-3-12(23)8-15(17)26-22(32)25-9-11-2-4-13-14(19(11)24)10-28(21(13)31)16-5-7-18(29)27-20(16)30/h2-4,6,8,16H,5,7,9-10H2,1H3,(H2,25,26,32)(H,27,29,30). The predicted octanol–water partition coefficient (Wildman–Crippen LogP) is 2.57. The largest absolute Gasteiger partial charge is 0.495 e. The van der Waals surface area contributed by atoms with Crippen LogP contribution >= 0.6 is 11.6 Å². The van der Waals surface area contributed by atoms with Crippen molar-refractivity contribution >= 4 is 41.0 Å². The van der Waals surface area contributed by atoms with Crippen LogP contribution in [0.15, 0.2) is 30.3 Å².